The molecule has 1 fully saturated rings. The number of hydrazine groups is 1. The van der Waals surface area contributed by atoms with Gasteiger partial charge in [0.05, 0.1) is 6.54 Å². The monoisotopic (exact) mass is 214 g/mol. The molecule has 0 aromatic heterocycles. The number of carbonyl (C=O) groups excluding carboxylic acids is 2. The summed E-state index contributed by atoms with van der Waals surface area (Å²) >= 11 is 0. The van der Waals surface area contributed by atoms with Gasteiger partial charge < -0.3 is 5.73 Å². The fraction of sp³-hybridized carbons (Fsp3) is 0.778. The van der Waals surface area contributed by atoms with E-state index >= 15 is 0 Å². The number of piperidine rings is 1. The number of likely N-dealkylation sites (tertiary alicyclic amines) is 1. The standard InChI is InChI=1S/C9H18N4O2/c1-7(14)11-12-9(15)6-13-4-2-3-8(10)5-13/h8H,2-6,10H2,1H3,(H,11,14)(H,12,15). The van der Waals surface area contributed by atoms with Crippen molar-refractivity contribution < 1.29 is 9.59 Å². The van der Waals surface area contributed by atoms with Gasteiger partial charge in [0.15, 0.2) is 0 Å². The molecule has 0 aromatic rings. The Labute approximate surface area is 89.1 Å². The summed E-state index contributed by atoms with van der Waals surface area (Å²) in [7, 11) is 0. The van der Waals surface area contributed by atoms with Crippen LogP contribution in [0.2, 0.25) is 0 Å². The van der Waals surface area contributed by atoms with Crippen LogP contribution in [0.15, 0.2) is 0 Å². The molecule has 1 atom stereocenters. The van der Waals surface area contributed by atoms with Crippen molar-refractivity contribution in [2.75, 3.05) is 19.6 Å². The molecule has 0 spiro atoms. The largest absolute Gasteiger partial charge is 0.327 e. The van der Waals surface area contributed by atoms with E-state index in [9.17, 15) is 9.59 Å². The Morgan fingerprint density at radius 3 is 2.80 bits per heavy atom. The quantitative estimate of drug-likeness (QED) is 0.492. The van der Waals surface area contributed by atoms with Crippen LogP contribution in [0.4, 0.5) is 0 Å². The first-order chi connectivity index (χ1) is 7.08. The molecule has 4 N–H and O–H groups in total. The number of hydrogen-bond donors (Lipinski definition) is 3. The van der Waals surface area contributed by atoms with Gasteiger partial charge in [0.2, 0.25) is 5.91 Å². The normalized spacial score (nSPS) is 22.1. The fourth-order valence-electron chi connectivity index (χ4n) is 1.64. The second kappa shape index (κ2) is 5.67. The van der Waals surface area contributed by atoms with Crippen molar-refractivity contribution in [2.45, 2.75) is 25.8 Å². The van der Waals surface area contributed by atoms with E-state index in [1.54, 1.807) is 0 Å². The maximum absolute atomic E-state index is 11.3. The molecule has 15 heavy (non-hydrogen) atoms. The lowest BCUT2D eigenvalue weighted by Crippen LogP contribution is -2.50. The molecule has 0 aliphatic carbocycles. The third-order valence-electron chi connectivity index (χ3n) is 2.29. The average Bonchev–Trinajstić information content (AvgIpc) is 2.15. The van der Waals surface area contributed by atoms with Crippen molar-refractivity contribution in [3.05, 3.63) is 0 Å². The molecule has 1 rings (SSSR count). The number of carbonyl (C=O) groups is 2. The van der Waals surface area contributed by atoms with Crippen molar-refractivity contribution in [1.82, 2.24) is 15.8 Å². The van der Waals surface area contributed by atoms with Gasteiger partial charge in [-0.15, -0.1) is 0 Å². The van der Waals surface area contributed by atoms with E-state index in [-0.39, 0.29) is 24.4 Å². The van der Waals surface area contributed by atoms with Crippen LogP contribution in [0.25, 0.3) is 0 Å². The van der Waals surface area contributed by atoms with Crippen LogP contribution in [0, 0.1) is 0 Å². The highest BCUT2D eigenvalue weighted by molar-refractivity contribution is 5.81. The number of rotatable bonds is 2. The summed E-state index contributed by atoms with van der Waals surface area (Å²) in [5.41, 5.74) is 10.4. The lowest BCUT2D eigenvalue weighted by atomic mass is 10.1. The van der Waals surface area contributed by atoms with Gasteiger partial charge in [-0.25, -0.2) is 0 Å². The third-order valence-corrected chi connectivity index (χ3v) is 2.29. The van der Waals surface area contributed by atoms with Gasteiger partial charge in [-0.2, -0.15) is 0 Å². The van der Waals surface area contributed by atoms with Gasteiger partial charge in [0.1, 0.15) is 0 Å². The van der Waals surface area contributed by atoms with E-state index in [1.165, 1.54) is 6.92 Å². The lowest BCUT2D eigenvalue weighted by molar-refractivity contribution is -0.128. The molecule has 0 bridgehead atoms. The molecular weight excluding hydrogens is 196 g/mol. The molecule has 1 aliphatic heterocycles. The molecule has 6 nitrogen and oxygen atoms in total. The molecule has 1 aliphatic rings. The van der Waals surface area contributed by atoms with E-state index in [4.69, 9.17) is 5.73 Å². The summed E-state index contributed by atoms with van der Waals surface area (Å²) in [6, 6.07) is 0.160. The molecule has 1 heterocycles. The Bertz CT molecular complexity index is 244. The first-order valence-electron chi connectivity index (χ1n) is 5.11. The number of nitrogens with zero attached hydrogens (tertiary/aromatic N) is 1. The van der Waals surface area contributed by atoms with E-state index in [2.05, 4.69) is 10.9 Å². The van der Waals surface area contributed by atoms with E-state index in [0.29, 0.717) is 0 Å². The van der Waals surface area contributed by atoms with Gasteiger partial charge in [0.25, 0.3) is 5.91 Å². The minimum absolute atomic E-state index is 0.160. The smallest absolute Gasteiger partial charge is 0.252 e. The maximum atomic E-state index is 11.3. The summed E-state index contributed by atoms with van der Waals surface area (Å²) in [6.07, 6.45) is 2.04. The van der Waals surface area contributed by atoms with Crippen LogP contribution >= 0.6 is 0 Å². The van der Waals surface area contributed by atoms with Gasteiger partial charge >= 0.3 is 0 Å². The highest BCUT2D eigenvalue weighted by Gasteiger charge is 2.18. The highest BCUT2D eigenvalue weighted by atomic mass is 16.2. The van der Waals surface area contributed by atoms with Crippen molar-refractivity contribution in [3.8, 4) is 0 Å². The molecule has 2 amide bonds. The van der Waals surface area contributed by atoms with Crippen molar-refractivity contribution in [2.24, 2.45) is 5.73 Å². The molecule has 86 valence electrons. The number of nitrogens with one attached hydrogen (secondary N) is 2. The Kier molecular flexibility index (Phi) is 4.51. The maximum Gasteiger partial charge on any atom is 0.252 e. The van der Waals surface area contributed by atoms with Gasteiger partial charge in [0, 0.05) is 19.5 Å². The Morgan fingerprint density at radius 1 is 1.47 bits per heavy atom. The molecule has 0 saturated carbocycles. The zero-order valence-corrected chi connectivity index (χ0v) is 8.95. The van der Waals surface area contributed by atoms with Crippen molar-refractivity contribution >= 4 is 11.8 Å². The number of nitrogens with two attached hydrogens (primary N) is 1. The molecule has 6 heteroatoms. The first kappa shape index (κ1) is 11.9. The SMILES string of the molecule is CC(=O)NNC(=O)CN1CCCC(N)C1. The van der Waals surface area contributed by atoms with E-state index < -0.39 is 0 Å². The van der Waals surface area contributed by atoms with Crippen LogP contribution in [0.5, 0.6) is 0 Å². The zero-order valence-electron chi connectivity index (χ0n) is 8.95. The van der Waals surface area contributed by atoms with E-state index in [0.717, 1.165) is 25.9 Å². The van der Waals surface area contributed by atoms with Crippen molar-refractivity contribution in [3.63, 3.8) is 0 Å². The average molecular weight is 214 g/mol. The number of amides is 2. The highest BCUT2D eigenvalue weighted by Crippen LogP contribution is 2.06. The van der Waals surface area contributed by atoms with Gasteiger partial charge in [-0.05, 0) is 19.4 Å². The minimum atomic E-state index is -0.279. The van der Waals surface area contributed by atoms with Crippen LogP contribution in [-0.2, 0) is 9.59 Å². The molecule has 1 saturated heterocycles. The van der Waals surface area contributed by atoms with Crippen LogP contribution < -0.4 is 16.6 Å². The molecule has 0 radical (unpaired) electrons. The summed E-state index contributed by atoms with van der Waals surface area (Å²) in [4.78, 5) is 23.8. The predicted molar refractivity (Wildman–Crippen MR) is 55.6 cm³/mol. The minimum Gasteiger partial charge on any atom is -0.327 e. The summed E-state index contributed by atoms with van der Waals surface area (Å²) < 4.78 is 0. The predicted octanol–water partition coefficient (Wildman–Crippen LogP) is -1.42. The topological polar surface area (TPSA) is 87.5 Å². The second-order valence-electron chi connectivity index (χ2n) is 3.87. The second-order valence-corrected chi connectivity index (χ2v) is 3.87. The Hall–Kier alpha value is -1.14. The number of hydrogen-bond acceptors (Lipinski definition) is 4. The van der Waals surface area contributed by atoms with Crippen molar-refractivity contribution in [1.29, 1.82) is 0 Å². The Morgan fingerprint density at radius 2 is 2.20 bits per heavy atom. The fourth-order valence-corrected chi connectivity index (χ4v) is 1.64. The third kappa shape index (κ3) is 4.75. The first-order valence-corrected chi connectivity index (χ1v) is 5.11. The molecule has 1 unspecified atom stereocenters. The van der Waals surface area contributed by atoms with Crippen LogP contribution in [-0.4, -0.2) is 42.4 Å². The van der Waals surface area contributed by atoms with Crippen LogP contribution in [0.1, 0.15) is 19.8 Å². The zero-order chi connectivity index (χ0) is 11.3. The lowest BCUT2D eigenvalue weighted by Gasteiger charge is -2.29. The summed E-state index contributed by atoms with van der Waals surface area (Å²) in [5, 5.41) is 0. The van der Waals surface area contributed by atoms with Gasteiger partial charge in [-0.1, -0.05) is 0 Å². The summed E-state index contributed by atoms with van der Waals surface area (Å²) in [6.45, 7) is 3.26. The van der Waals surface area contributed by atoms with Gasteiger partial charge in [-0.3, -0.25) is 25.3 Å². The Balaban J connectivity index is 2.22. The van der Waals surface area contributed by atoms with E-state index in [1.807, 2.05) is 4.90 Å². The van der Waals surface area contributed by atoms with Crippen LogP contribution in [0.3, 0.4) is 0 Å². The molecule has 0 aromatic carbocycles. The molecular formula is C9H18N4O2. The summed E-state index contributed by atoms with van der Waals surface area (Å²) in [5.74, 6) is -0.488.